The second-order valence-electron chi connectivity index (χ2n) is 1.68. The topological polar surface area (TPSA) is 49.4 Å². The zero-order valence-corrected chi connectivity index (χ0v) is 6.29. The minimum Gasteiger partial charge on any atom is -0.768 e. The van der Waals surface area contributed by atoms with Crippen LogP contribution < -0.4 is 0 Å². The van der Waals surface area contributed by atoms with Crippen LogP contribution in [-0.4, -0.2) is 26.7 Å². The summed E-state index contributed by atoms with van der Waals surface area (Å²) in [5.74, 6) is 0. The maximum Gasteiger partial charge on any atom is 0.525 e. The van der Waals surface area contributed by atoms with E-state index in [2.05, 4.69) is 4.74 Å². The minimum atomic E-state index is -5.66. The van der Waals surface area contributed by atoms with E-state index >= 15 is 0 Å². The van der Waals surface area contributed by atoms with Crippen molar-refractivity contribution in [2.45, 2.75) is 18.0 Å². The van der Waals surface area contributed by atoms with Crippen LogP contribution in [0.25, 0.3) is 0 Å². The average molecular weight is 231 g/mol. The second kappa shape index (κ2) is 3.80. The zero-order valence-electron chi connectivity index (χ0n) is 5.48. The standard InChI is InChI=1S/C3H2F6O3S/c4-1(12-3(7,8)9)2(5,6)13(10)11/h1H,(H,10,11)/p-1. The molecular formula is C3HF6O3S-. The Bertz CT molecular complexity index is 202. The van der Waals surface area contributed by atoms with Gasteiger partial charge in [-0.1, -0.05) is 0 Å². The van der Waals surface area contributed by atoms with E-state index < -0.39 is 29.1 Å². The average Bonchev–Trinajstić information content (AvgIpc) is 1.82. The monoisotopic (exact) mass is 231 g/mol. The quantitative estimate of drug-likeness (QED) is 0.543. The number of rotatable bonds is 3. The summed E-state index contributed by atoms with van der Waals surface area (Å²) >= 11 is -4.32. The van der Waals surface area contributed by atoms with Crippen LogP contribution in [0.3, 0.4) is 0 Å². The van der Waals surface area contributed by atoms with Crippen LogP contribution >= 0.6 is 0 Å². The normalized spacial score (nSPS) is 18.4. The van der Waals surface area contributed by atoms with Crippen LogP contribution in [0.1, 0.15) is 0 Å². The molecular weight excluding hydrogens is 230 g/mol. The van der Waals surface area contributed by atoms with Crippen LogP contribution in [0.15, 0.2) is 0 Å². The van der Waals surface area contributed by atoms with Crippen LogP contribution in [-0.2, 0) is 15.8 Å². The Morgan fingerprint density at radius 3 is 1.85 bits per heavy atom. The van der Waals surface area contributed by atoms with E-state index in [0.29, 0.717) is 0 Å². The van der Waals surface area contributed by atoms with Crippen LogP contribution in [0.2, 0.25) is 0 Å². The molecule has 0 saturated carbocycles. The Morgan fingerprint density at radius 2 is 1.62 bits per heavy atom. The summed E-state index contributed by atoms with van der Waals surface area (Å²) < 4.78 is 90.0. The van der Waals surface area contributed by atoms with Gasteiger partial charge in [0.05, 0.1) is 0 Å². The summed E-state index contributed by atoms with van der Waals surface area (Å²) in [6.07, 6.45) is -9.94. The molecule has 0 heterocycles. The third kappa shape index (κ3) is 3.91. The molecule has 0 radical (unpaired) electrons. The predicted octanol–water partition coefficient (Wildman–Crippen LogP) is 1.29. The maximum atomic E-state index is 11.9. The van der Waals surface area contributed by atoms with Crippen molar-refractivity contribution in [2.75, 3.05) is 0 Å². The van der Waals surface area contributed by atoms with Gasteiger partial charge in [0.25, 0.3) is 6.36 Å². The summed E-state index contributed by atoms with van der Waals surface area (Å²) in [6, 6.07) is 0. The van der Waals surface area contributed by atoms with Gasteiger partial charge in [0.15, 0.2) is 0 Å². The molecule has 0 aromatic heterocycles. The first-order valence-electron chi connectivity index (χ1n) is 2.43. The molecule has 0 rings (SSSR count). The third-order valence-corrected chi connectivity index (χ3v) is 1.35. The lowest BCUT2D eigenvalue weighted by molar-refractivity contribution is -0.378. The Kier molecular flexibility index (Phi) is 3.70. The van der Waals surface area contributed by atoms with Gasteiger partial charge < -0.3 is 4.55 Å². The second-order valence-corrected chi connectivity index (χ2v) is 2.69. The van der Waals surface area contributed by atoms with Gasteiger partial charge in [-0.15, -0.1) is 13.2 Å². The number of alkyl halides is 6. The SMILES string of the molecule is O=S([O-])C(F)(F)C(F)OC(F)(F)F. The van der Waals surface area contributed by atoms with E-state index in [1.165, 1.54) is 0 Å². The van der Waals surface area contributed by atoms with Crippen molar-refractivity contribution in [1.82, 2.24) is 0 Å². The lowest BCUT2D eigenvalue weighted by atomic mass is 10.7. The zero-order chi connectivity index (χ0) is 10.9. The Morgan fingerprint density at radius 1 is 1.23 bits per heavy atom. The highest BCUT2D eigenvalue weighted by molar-refractivity contribution is 7.80. The van der Waals surface area contributed by atoms with Crippen molar-refractivity contribution in [3.63, 3.8) is 0 Å². The summed E-state index contributed by atoms with van der Waals surface area (Å²) in [6.45, 7) is 0. The van der Waals surface area contributed by atoms with E-state index in [1.54, 1.807) is 0 Å². The van der Waals surface area contributed by atoms with Crippen molar-refractivity contribution in [3.05, 3.63) is 0 Å². The molecule has 0 amide bonds. The molecule has 0 spiro atoms. The van der Waals surface area contributed by atoms with Crippen molar-refractivity contribution in [3.8, 4) is 0 Å². The first kappa shape index (κ1) is 12.7. The largest absolute Gasteiger partial charge is 0.768 e. The molecule has 0 fully saturated rings. The molecule has 80 valence electrons. The highest BCUT2D eigenvalue weighted by atomic mass is 32.2. The van der Waals surface area contributed by atoms with E-state index in [0.717, 1.165) is 0 Å². The molecule has 3 nitrogen and oxygen atoms in total. The van der Waals surface area contributed by atoms with Gasteiger partial charge in [-0.25, -0.2) is 9.13 Å². The Hall–Kier alpha value is -0.350. The van der Waals surface area contributed by atoms with Gasteiger partial charge >= 0.3 is 11.6 Å². The number of hydrogen-bond donors (Lipinski definition) is 0. The van der Waals surface area contributed by atoms with Gasteiger partial charge in [0.1, 0.15) is 0 Å². The summed E-state index contributed by atoms with van der Waals surface area (Å²) in [7, 11) is 0. The van der Waals surface area contributed by atoms with Crippen LogP contribution in [0.4, 0.5) is 26.3 Å². The lowest BCUT2D eigenvalue weighted by Gasteiger charge is -2.22. The number of halogens is 6. The fourth-order valence-electron chi connectivity index (χ4n) is 0.262. The third-order valence-electron chi connectivity index (χ3n) is 0.724. The van der Waals surface area contributed by atoms with Crippen molar-refractivity contribution in [1.29, 1.82) is 0 Å². The number of ether oxygens (including phenoxy) is 1. The molecule has 10 heteroatoms. The molecule has 2 unspecified atom stereocenters. The van der Waals surface area contributed by atoms with Gasteiger partial charge in [0, 0.05) is 11.1 Å². The summed E-state index contributed by atoms with van der Waals surface area (Å²) in [5.41, 5.74) is 0. The van der Waals surface area contributed by atoms with Gasteiger partial charge in [-0.05, 0) is 0 Å². The molecule has 0 aliphatic rings. The van der Waals surface area contributed by atoms with Crippen molar-refractivity contribution < 1.29 is 39.8 Å². The van der Waals surface area contributed by atoms with E-state index in [9.17, 15) is 35.1 Å². The molecule has 0 aromatic rings. The molecule has 0 bridgehead atoms. The molecule has 13 heavy (non-hydrogen) atoms. The first-order chi connectivity index (χ1) is 5.57. The van der Waals surface area contributed by atoms with E-state index in [1.807, 2.05) is 0 Å². The highest BCUT2D eigenvalue weighted by Crippen LogP contribution is 2.30. The van der Waals surface area contributed by atoms with Gasteiger partial charge in [-0.2, -0.15) is 8.78 Å². The molecule has 2 atom stereocenters. The molecule has 0 aromatic carbocycles. The highest BCUT2D eigenvalue weighted by Gasteiger charge is 2.49. The van der Waals surface area contributed by atoms with Gasteiger partial charge in [-0.3, -0.25) is 4.21 Å². The summed E-state index contributed by atoms with van der Waals surface area (Å²) in [4.78, 5) is 0. The molecule has 0 aliphatic carbocycles. The smallest absolute Gasteiger partial charge is 0.525 e. The fraction of sp³-hybridized carbons (Fsp3) is 1.00. The van der Waals surface area contributed by atoms with Crippen molar-refractivity contribution in [2.24, 2.45) is 0 Å². The minimum absolute atomic E-state index is 2.15. The molecule has 0 aliphatic heterocycles. The molecule has 0 N–H and O–H groups in total. The van der Waals surface area contributed by atoms with E-state index in [-0.39, 0.29) is 0 Å². The fourth-order valence-corrected chi connectivity index (χ4v) is 0.461. The number of hydrogen-bond acceptors (Lipinski definition) is 3. The predicted molar refractivity (Wildman–Crippen MR) is 25.9 cm³/mol. The van der Waals surface area contributed by atoms with E-state index in [4.69, 9.17) is 0 Å². The van der Waals surface area contributed by atoms with Crippen LogP contribution in [0.5, 0.6) is 0 Å². The van der Waals surface area contributed by atoms with Crippen molar-refractivity contribution >= 4 is 11.1 Å². The first-order valence-corrected chi connectivity index (χ1v) is 3.50. The van der Waals surface area contributed by atoms with Crippen LogP contribution in [0, 0.1) is 0 Å². The molecule has 0 saturated heterocycles. The Balaban J connectivity index is 4.43. The Labute approximate surface area is 70.0 Å². The van der Waals surface area contributed by atoms with Gasteiger partial charge in [0.2, 0.25) is 0 Å². The summed E-state index contributed by atoms with van der Waals surface area (Å²) in [5, 5.41) is -5.23. The maximum absolute atomic E-state index is 11.9. The lowest BCUT2D eigenvalue weighted by Crippen LogP contribution is -2.39.